The Bertz CT molecular complexity index is 681. The summed E-state index contributed by atoms with van der Waals surface area (Å²) < 4.78 is 0. The van der Waals surface area contributed by atoms with Crippen molar-refractivity contribution in [1.29, 1.82) is 0 Å². The van der Waals surface area contributed by atoms with E-state index in [2.05, 4.69) is 10.6 Å². The van der Waals surface area contributed by atoms with E-state index in [1.807, 2.05) is 19.1 Å². The zero-order valence-corrected chi connectivity index (χ0v) is 12.9. The number of aryl methyl sites for hydroxylation is 1. The molecule has 2 atom stereocenters. The number of benzene rings is 1. The zero-order valence-electron chi connectivity index (χ0n) is 12.9. The van der Waals surface area contributed by atoms with E-state index in [-0.39, 0.29) is 6.54 Å². The Morgan fingerprint density at radius 3 is 2.48 bits per heavy atom. The molecule has 2 amide bonds. The standard InChI is InChI=1S/C16H19N3O4/c1-3-18-15(22)13(14(17)21)16(23)12(20)8-11(19-16)10-6-4-9(2)5-7-10/h4-8,13,19,23H,3H2,1-2H3,(H2,17,21)(H,18,22). The molecule has 0 aromatic heterocycles. The summed E-state index contributed by atoms with van der Waals surface area (Å²) in [5.41, 5.74) is 4.85. The lowest BCUT2D eigenvalue weighted by Gasteiger charge is -2.29. The van der Waals surface area contributed by atoms with Crippen molar-refractivity contribution in [2.75, 3.05) is 6.54 Å². The van der Waals surface area contributed by atoms with Gasteiger partial charge in [-0.1, -0.05) is 29.8 Å². The molecule has 1 aromatic carbocycles. The molecule has 0 radical (unpaired) electrons. The minimum absolute atomic E-state index is 0.241. The molecule has 0 saturated heterocycles. The number of nitrogens with one attached hydrogen (secondary N) is 2. The van der Waals surface area contributed by atoms with Gasteiger partial charge in [-0.2, -0.15) is 0 Å². The van der Waals surface area contributed by atoms with Crippen LogP contribution in [0.15, 0.2) is 30.3 Å². The number of rotatable bonds is 5. The number of amides is 2. The smallest absolute Gasteiger partial charge is 0.238 e. The number of carbonyl (C=O) groups is 3. The molecular weight excluding hydrogens is 298 g/mol. The SMILES string of the molecule is CCNC(=O)C(C(N)=O)C1(O)NC(c2ccc(C)cc2)=CC1=O. The minimum Gasteiger partial charge on any atom is -0.369 e. The predicted octanol–water partition coefficient (Wildman–Crippen LogP) is -0.566. The highest BCUT2D eigenvalue weighted by molar-refractivity contribution is 6.14. The van der Waals surface area contributed by atoms with Crippen molar-refractivity contribution in [1.82, 2.24) is 10.6 Å². The summed E-state index contributed by atoms with van der Waals surface area (Å²) in [5.74, 6) is -4.41. The van der Waals surface area contributed by atoms with Gasteiger partial charge in [0.1, 0.15) is 0 Å². The van der Waals surface area contributed by atoms with Gasteiger partial charge in [-0.3, -0.25) is 14.4 Å². The largest absolute Gasteiger partial charge is 0.369 e. The maximum Gasteiger partial charge on any atom is 0.238 e. The molecule has 2 rings (SSSR count). The molecule has 23 heavy (non-hydrogen) atoms. The number of hydrogen-bond donors (Lipinski definition) is 4. The summed E-state index contributed by atoms with van der Waals surface area (Å²) in [6.45, 7) is 3.81. The van der Waals surface area contributed by atoms with Crippen molar-refractivity contribution in [3.63, 3.8) is 0 Å². The predicted molar refractivity (Wildman–Crippen MR) is 83.6 cm³/mol. The summed E-state index contributed by atoms with van der Waals surface area (Å²) >= 11 is 0. The number of ketones is 1. The molecule has 7 heteroatoms. The fourth-order valence-corrected chi connectivity index (χ4v) is 2.45. The Morgan fingerprint density at radius 1 is 1.35 bits per heavy atom. The van der Waals surface area contributed by atoms with E-state index in [1.54, 1.807) is 19.1 Å². The van der Waals surface area contributed by atoms with Gasteiger partial charge < -0.3 is 21.5 Å². The van der Waals surface area contributed by atoms with Crippen LogP contribution in [-0.2, 0) is 14.4 Å². The van der Waals surface area contributed by atoms with Crippen LogP contribution in [0.1, 0.15) is 18.1 Å². The van der Waals surface area contributed by atoms with Crippen molar-refractivity contribution in [3.8, 4) is 0 Å². The molecule has 7 nitrogen and oxygen atoms in total. The number of nitrogens with two attached hydrogens (primary N) is 1. The number of hydrogen-bond acceptors (Lipinski definition) is 5. The van der Waals surface area contributed by atoms with Gasteiger partial charge in [0, 0.05) is 18.3 Å². The highest BCUT2D eigenvalue weighted by Crippen LogP contribution is 2.28. The highest BCUT2D eigenvalue weighted by Gasteiger charge is 2.53. The topological polar surface area (TPSA) is 122 Å². The second-order valence-electron chi connectivity index (χ2n) is 5.41. The zero-order chi connectivity index (χ0) is 17.2. The molecule has 0 aliphatic carbocycles. The first-order valence-electron chi connectivity index (χ1n) is 7.20. The third-order valence-corrected chi connectivity index (χ3v) is 3.65. The van der Waals surface area contributed by atoms with Crippen LogP contribution < -0.4 is 16.4 Å². The monoisotopic (exact) mass is 317 g/mol. The van der Waals surface area contributed by atoms with Gasteiger partial charge in [-0.15, -0.1) is 0 Å². The Labute approximate surface area is 133 Å². The van der Waals surface area contributed by atoms with E-state index in [0.717, 1.165) is 5.56 Å². The molecule has 2 unspecified atom stereocenters. The average molecular weight is 317 g/mol. The summed E-state index contributed by atoms with van der Waals surface area (Å²) in [5, 5.41) is 15.6. The van der Waals surface area contributed by atoms with Gasteiger partial charge in [-0.05, 0) is 19.4 Å². The van der Waals surface area contributed by atoms with Crippen LogP contribution in [0.2, 0.25) is 0 Å². The van der Waals surface area contributed by atoms with Crippen LogP contribution >= 0.6 is 0 Å². The van der Waals surface area contributed by atoms with E-state index in [0.29, 0.717) is 11.3 Å². The van der Waals surface area contributed by atoms with Gasteiger partial charge >= 0.3 is 0 Å². The average Bonchev–Trinajstić information content (AvgIpc) is 2.75. The molecule has 0 saturated carbocycles. The van der Waals surface area contributed by atoms with Crippen molar-refractivity contribution < 1.29 is 19.5 Å². The molecule has 1 aliphatic rings. The van der Waals surface area contributed by atoms with Crippen LogP contribution in [0.25, 0.3) is 5.70 Å². The summed E-state index contributed by atoms with van der Waals surface area (Å²) in [6, 6.07) is 7.21. The quantitative estimate of drug-likeness (QED) is 0.542. The molecule has 1 heterocycles. The fourth-order valence-electron chi connectivity index (χ4n) is 2.45. The second kappa shape index (κ2) is 6.21. The lowest BCUT2D eigenvalue weighted by atomic mass is 9.91. The van der Waals surface area contributed by atoms with E-state index in [9.17, 15) is 19.5 Å². The second-order valence-corrected chi connectivity index (χ2v) is 5.41. The molecule has 122 valence electrons. The third-order valence-electron chi connectivity index (χ3n) is 3.65. The Morgan fingerprint density at radius 2 is 1.96 bits per heavy atom. The Balaban J connectivity index is 2.33. The normalized spacial score (nSPS) is 21.3. The summed E-state index contributed by atoms with van der Waals surface area (Å²) in [7, 11) is 0. The molecule has 0 bridgehead atoms. The lowest BCUT2D eigenvalue weighted by molar-refractivity contribution is -0.155. The number of carbonyl (C=O) groups excluding carboxylic acids is 3. The van der Waals surface area contributed by atoms with Crippen LogP contribution in [0, 0.1) is 12.8 Å². The van der Waals surface area contributed by atoms with Gasteiger partial charge in [0.2, 0.25) is 23.3 Å². The number of primary amides is 1. The van der Waals surface area contributed by atoms with Crippen LogP contribution in [0.3, 0.4) is 0 Å². The third kappa shape index (κ3) is 3.09. The van der Waals surface area contributed by atoms with Gasteiger partial charge in [0.15, 0.2) is 5.92 Å². The van der Waals surface area contributed by atoms with Gasteiger partial charge in [-0.25, -0.2) is 0 Å². The lowest BCUT2D eigenvalue weighted by Crippen LogP contribution is -2.61. The van der Waals surface area contributed by atoms with Crippen molar-refractivity contribution in [3.05, 3.63) is 41.5 Å². The maximum atomic E-state index is 12.2. The minimum atomic E-state index is -2.38. The van der Waals surface area contributed by atoms with Crippen LogP contribution in [0.5, 0.6) is 0 Å². The van der Waals surface area contributed by atoms with E-state index in [1.165, 1.54) is 6.08 Å². The van der Waals surface area contributed by atoms with E-state index < -0.39 is 29.2 Å². The molecule has 1 aromatic rings. The fraction of sp³-hybridized carbons (Fsp3) is 0.312. The Kier molecular flexibility index (Phi) is 4.51. The van der Waals surface area contributed by atoms with Crippen molar-refractivity contribution in [2.24, 2.45) is 11.7 Å². The van der Waals surface area contributed by atoms with Crippen LogP contribution in [-0.4, -0.2) is 35.0 Å². The van der Waals surface area contributed by atoms with Gasteiger partial charge in [0.25, 0.3) is 0 Å². The van der Waals surface area contributed by atoms with Gasteiger partial charge in [0.05, 0.1) is 0 Å². The highest BCUT2D eigenvalue weighted by atomic mass is 16.3. The summed E-state index contributed by atoms with van der Waals surface area (Å²) in [4.78, 5) is 35.9. The van der Waals surface area contributed by atoms with Crippen molar-refractivity contribution >= 4 is 23.3 Å². The maximum absolute atomic E-state index is 12.2. The summed E-state index contributed by atoms with van der Waals surface area (Å²) in [6.07, 6.45) is 1.17. The molecule has 1 aliphatic heterocycles. The Hall–Kier alpha value is -2.67. The molecular formula is C16H19N3O4. The molecule has 0 fully saturated rings. The van der Waals surface area contributed by atoms with E-state index in [4.69, 9.17) is 5.73 Å². The molecule has 5 N–H and O–H groups in total. The first-order valence-corrected chi connectivity index (χ1v) is 7.20. The van der Waals surface area contributed by atoms with Crippen LogP contribution in [0.4, 0.5) is 0 Å². The molecule has 0 spiro atoms. The van der Waals surface area contributed by atoms with E-state index >= 15 is 0 Å². The van der Waals surface area contributed by atoms with Crippen molar-refractivity contribution in [2.45, 2.75) is 19.6 Å². The number of aliphatic hydroxyl groups is 1. The first kappa shape index (κ1) is 16.7. The first-order chi connectivity index (χ1) is 10.8.